The van der Waals surface area contributed by atoms with Crippen molar-refractivity contribution in [3.05, 3.63) is 11.4 Å². The lowest BCUT2D eigenvalue weighted by Gasteiger charge is -2.17. The van der Waals surface area contributed by atoms with Crippen LogP contribution >= 0.6 is 0 Å². The Morgan fingerprint density at radius 3 is 2.52 bits per heavy atom. The van der Waals surface area contributed by atoms with E-state index in [0.717, 1.165) is 19.3 Å². The first-order valence-electron chi connectivity index (χ1n) is 6.99. The van der Waals surface area contributed by atoms with Crippen molar-refractivity contribution in [3.63, 3.8) is 0 Å². The second kappa shape index (κ2) is 5.42. The predicted molar refractivity (Wildman–Crippen MR) is 78.3 cm³/mol. The van der Waals surface area contributed by atoms with E-state index in [1.54, 1.807) is 0 Å². The summed E-state index contributed by atoms with van der Waals surface area (Å²) in [6.45, 7) is 6.65. The molecule has 0 bridgehead atoms. The van der Waals surface area contributed by atoms with Crippen molar-refractivity contribution < 1.29 is 13.2 Å². The van der Waals surface area contributed by atoms with Gasteiger partial charge in [0.1, 0.15) is 4.90 Å². The third kappa shape index (κ3) is 4.04. The summed E-state index contributed by atoms with van der Waals surface area (Å²) < 4.78 is 23.5. The summed E-state index contributed by atoms with van der Waals surface area (Å²) in [6.07, 6.45) is 2.55. The predicted octanol–water partition coefficient (Wildman–Crippen LogP) is 1.10. The van der Waals surface area contributed by atoms with Crippen LogP contribution in [0.1, 0.15) is 62.1 Å². The van der Waals surface area contributed by atoms with Crippen molar-refractivity contribution in [1.82, 2.24) is 15.5 Å². The Balaban J connectivity index is 2.18. The quantitative estimate of drug-likeness (QED) is 0.754. The molecule has 21 heavy (non-hydrogen) atoms. The molecule has 8 heteroatoms. The lowest BCUT2D eigenvalue weighted by Crippen LogP contribution is -2.29. The standard InChI is InChI=1S/C13H22N4O3S/c1-13(2,3)6-7-15-12(18)10-11(21(14,19)20)9(16-17-10)8-4-5-8/h8H,4-7H2,1-3H3,(H,15,18)(H,16,17)(H2,14,19,20). The molecule has 1 aromatic rings. The number of amides is 1. The van der Waals surface area contributed by atoms with Gasteiger partial charge in [0.05, 0.1) is 5.69 Å². The van der Waals surface area contributed by atoms with E-state index in [-0.39, 0.29) is 21.9 Å². The van der Waals surface area contributed by atoms with Gasteiger partial charge in [-0.15, -0.1) is 0 Å². The highest BCUT2D eigenvalue weighted by molar-refractivity contribution is 7.89. The third-order valence-corrected chi connectivity index (χ3v) is 4.38. The van der Waals surface area contributed by atoms with E-state index in [4.69, 9.17) is 5.14 Å². The number of rotatable bonds is 5. The number of nitrogens with zero attached hydrogens (tertiary/aromatic N) is 1. The molecule has 0 aliphatic heterocycles. The smallest absolute Gasteiger partial charge is 0.273 e. The Morgan fingerprint density at radius 2 is 2.05 bits per heavy atom. The van der Waals surface area contributed by atoms with Gasteiger partial charge in [0, 0.05) is 12.5 Å². The minimum Gasteiger partial charge on any atom is -0.351 e. The van der Waals surface area contributed by atoms with E-state index < -0.39 is 15.9 Å². The van der Waals surface area contributed by atoms with Crippen molar-refractivity contribution in [2.45, 2.75) is 50.8 Å². The molecule has 0 spiro atoms. The highest BCUT2D eigenvalue weighted by Crippen LogP contribution is 2.42. The van der Waals surface area contributed by atoms with Crippen LogP contribution < -0.4 is 10.5 Å². The van der Waals surface area contributed by atoms with E-state index in [2.05, 4.69) is 36.3 Å². The van der Waals surface area contributed by atoms with Gasteiger partial charge < -0.3 is 5.32 Å². The van der Waals surface area contributed by atoms with Crippen LogP contribution in [-0.2, 0) is 10.0 Å². The van der Waals surface area contributed by atoms with Crippen LogP contribution in [0.15, 0.2) is 4.90 Å². The highest BCUT2D eigenvalue weighted by Gasteiger charge is 2.35. The van der Waals surface area contributed by atoms with Gasteiger partial charge in [0.25, 0.3) is 5.91 Å². The minimum atomic E-state index is -3.98. The maximum absolute atomic E-state index is 12.1. The SMILES string of the molecule is CC(C)(C)CCNC(=O)c1n[nH]c(C2CC2)c1S(N)(=O)=O. The Bertz CT molecular complexity index is 639. The summed E-state index contributed by atoms with van der Waals surface area (Å²) in [7, 11) is -3.98. The van der Waals surface area contributed by atoms with Crippen LogP contribution in [0.3, 0.4) is 0 Å². The van der Waals surface area contributed by atoms with E-state index in [0.29, 0.717) is 12.2 Å². The molecule has 1 saturated carbocycles. The summed E-state index contributed by atoms with van der Waals surface area (Å²) >= 11 is 0. The summed E-state index contributed by atoms with van der Waals surface area (Å²) in [6, 6.07) is 0. The van der Waals surface area contributed by atoms with Crippen LogP contribution in [0.5, 0.6) is 0 Å². The maximum atomic E-state index is 12.1. The molecule has 1 fully saturated rings. The van der Waals surface area contributed by atoms with Crippen molar-refractivity contribution in [1.29, 1.82) is 0 Å². The van der Waals surface area contributed by atoms with E-state index in [1.165, 1.54) is 0 Å². The number of nitrogens with two attached hydrogens (primary N) is 1. The van der Waals surface area contributed by atoms with Gasteiger partial charge in [-0.25, -0.2) is 13.6 Å². The van der Waals surface area contributed by atoms with Crippen molar-refractivity contribution in [2.24, 2.45) is 10.6 Å². The fraction of sp³-hybridized carbons (Fsp3) is 0.692. The first-order valence-corrected chi connectivity index (χ1v) is 8.53. The van der Waals surface area contributed by atoms with Gasteiger partial charge in [0.15, 0.2) is 5.69 Å². The normalized spacial score (nSPS) is 16.0. The fourth-order valence-corrected chi connectivity index (χ4v) is 3.00. The topological polar surface area (TPSA) is 118 Å². The van der Waals surface area contributed by atoms with Gasteiger partial charge in [-0.2, -0.15) is 5.10 Å². The Hall–Kier alpha value is -1.41. The highest BCUT2D eigenvalue weighted by atomic mass is 32.2. The second-order valence-electron chi connectivity index (χ2n) is 6.70. The second-order valence-corrected chi connectivity index (χ2v) is 8.20. The molecule has 1 aromatic heterocycles. The van der Waals surface area contributed by atoms with Crippen molar-refractivity contribution in [3.8, 4) is 0 Å². The molecule has 2 rings (SSSR count). The Kier molecular flexibility index (Phi) is 4.12. The number of primary sulfonamides is 1. The van der Waals surface area contributed by atoms with Crippen LogP contribution in [0, 0.1) is 5.41 Å². The van der Waals surface area contributed by atoms with E-state index >= 15 is 0 Å². The number of sulfonamides is 1. The first kappa shape index (κ1) is 16.0. The molecule has 0 radical (unpaired) electrons. The zero-order chi connectivity index (χ0) is 15.8. The van der Waals surface area contributed by atoms with Gasteiger partial charge in [-0.1, -0.05) is 20.8 Å². The van der Waals surface area contributed by atoms with Crippen LogP contribution in [0.25, 0.3) is 0 Å². The third-order valence-electron chi connectivity index (χ3n) is 3.39. The molecule has 1 heterocycles. The number of carbonyl (C=O) groups is 1. The van der Waals surface area contributed by atoms with Gasteiger partial charge >= 0.3 is 0 Å². The number of H-pyrrole nitrogens is 1. The van der Waals surface area contributed by atoms with Gasteiger partial charge in [-0.05, 0) is 24.7 Å². The molecule has 0 atom stereocenters. The van der Waals surface area contributed by atoms with Crippen molar-refractivity contribution in [2.75, 3.05) is 6.54 Å². The molecule has 0 unspecified atom stereocenters. The minimum absolute atomic E-state index is 0.0841. The molecular weight excluding hydrogens is 292 g/mol. The van der Waals surface area contributed by atoms with Crippen molar-refractivity contribution >= 4 is 15.9 Å². The number of hydrogen-bond acceptors (Lipinski definition) is 4. The Morgan fingerprint density at radius 1 is 1.43 bits per heavy atom. The lowest BCUT2D eigenvalue weighted by molar-refractivity contribution is 0.0941. The summed E-state index contributed by atoms with van der Waals surface area (Å²) in [5.74, 6) is -0.395. The molecule has 1 aliphatic carbocycles. The van der Waals surface area contributed by atoms with E-state index in [1.807, 2.05) is 0 Å². The fourth-order valence-electron chi connectivity index (χ4n) is 2.07. The molecule has 1 amide bonds. The summed E-state index contributed by atoms with van der Waals surface area (Å²) in [5.41, 5.74) is 0.410. The Labute approximate surface area is 124 Å². The van der Waals surface area contributed by atoms with Crippen LogP contribution in [0.4, 0.5) is 0 Å². The first-order chi connectivity index (χ1) is 9.59. The average Bonchev–Trinajstić information content (AvgIpc) is 3.04. The zero-order valence-electron chi connectivity index (χ0n) is 12.6. The maximum Gasteiger partial charge on any atom is 0.273 e. The average molecular weight is 314 g/mol. The molecule has 0 aromatic carbocycles. The molecule has 7 nitrogen and oxygen atoms in total. The number of nitrogens with one attached hydrogen (secondary N) is 2. The zero-order valence-corrected chi connectivity index (χ0v) is 13.4. The van der Waals surface area contributed by atoms with E-state index in [9.17, 15) is 13.2 Å². The van der Waals surface area contributed by atoms with Crippen LogP contribution in [-0.4, -0.2) is 31.1 Å². The van der Waals surface area contributed by atoms with Crippen LogP contribution in [0.2, 0.25) is 0 Å². The monoisotopic (exact) mass is 314 g/mol. The molecule has 0 saturated heterocycles. The summed E-state index contributed by atoms with van der Waals surface area (Å²) in [4.78, 5) is 12.0. The molecule has 4 N–H and O–H groups in total. The number of aromatic nitrogens is 2. The number of hydrogen-bond donors (Lipinski definition) is 3. The number of carbonyl (C=O) groups excluding carboxylic acids is 1. The van der Waals surface area contributed by atoms with Gasteiger partial charge in [-0.3, -0.25) is 9.89 Å². The molecular formula is C13H22N4O3S. The number of aromatic amines is 1. The molecule has 118 valence electrons. The van der Waals surface area contributed by atoms with Gasteiger partial charge in [0.2, 0.25) is 10.0 Å². The lowest BCUT2D eigenvalue weighted by atomic mass is 9.92. The molecule has 1 aliphatic rings. The largest absolute Gasteiger partial charge is 0.351 e. The summed E-state index contributed by atoms with van der Waals surface area (Å²) in [5, 5.41) is 14.5.